The second-order valence-corrected chi connectivity index (χ2v) is 5.34. The highest BCUT2D eigenvalue weighted by atomic mass is 32.2. The van der Waals surface area contributed by atoms with Gasteiger partial charge in [0.2, 0.25) is 10.9 Å². The van der Waals surface area contributed by atoms with Crippen molar-refractivity contribution in [3.63, 3.8) is 0 Å². The zero-order valence-corrected chi connectivity index (χ0v) is 11.3. The van der Waals surface area contributed by atoms with E-state index in [2.05, 4.69) is 0 Å². The maximum absolute atomic E-state index is 11.4. The molecule has 1 aliphatic heterocycles. The lowest BCUT2D eigenvalue weighted by Gasteiger charge is -2.32. The number of carbonyl (C=O) groups is 1. The molecule has 5 nitrogen and oxygen atoms in total. The van der Waals surface area contributed by atoms with Crippen molar-refractivity contribution in [3.05, 3.63) is 35.4 Å². The molecular weight excluding hydrogens is 266 g/mol. The van der Waals surface area contributed by atoms with E-state index in [1.165, 1.54) is 4.31 Å². The first-order chi connectivity index (χ1) is 9.00. The molecule has 0 saturated carbocycles. The van der Waals surface area contributed by atoms with Gasteiger partial charge in [-0.2, -0.15) is 0 Å². The largest absolute Gasteiger partial charge is 0.481 e. The number of hydrogen-bond acceptors (Lipinski definition) is 3. The molecule has 6 heteroatoms. The van der Waals surface area contributed by atoms with Crippen molar-refractivity contribution < 1.29 is 18.3 Å². The van der Waals surface area contributed by atoms with E-state index in [0.29, 0.717) is 12.1 Å². The van der Waals surface area contributed by atoms with Crippen LogP contribution in [0.5, 0.6) is 0 Å². The number of nitrogens with zero attached hydrogens (tertiary/aromatic N) is 1. The number of benzene rings is 1. The average molecular weight is 281 g/mol. The minimum atomic E-state index is -2.75. The summed E-state index contributed by atoms with van der Waals surface area (Å²) in [6, 6.07) is 6.86. The molecule has 2 rings (SSSR count). The van der Waals surface area contributed by atoms with Gasteiger partial charge in [-0.05, 0) is 30.5 Å². The lowest BCUT2D eigenvalue weighted by Crippen LogP contribution is -2.35. The third-order valence-electron chi connectivity index (χ3n) is 3.23. The standard InChI is InChI=1S/C13H15NO4S/c1-9-10(6-7-13(15)16)8-11-4-2-3-5-12(11)14(9)19(17)18/h2-5,8-9,19H,6-7H2,1H3,(H,15,16)/t9-/m1/s1. The van der Waals surface area contributed by atoms with Crippen molar-refractivity contribution in [2.45, 2.75) is 25.8 Å². The molecule has 0 bridgehead atoms. The normalized spacial score (nSPS) is 18.1. The Morgan fingerprint density at radius 3 is 2.68 bits per heavy atom. The van der Waals surface area contributed by atoms with E-state index in [1.54, 1.807) is 19.1 Å². The second-order valence-electron chi connectivity index (χ2n) is 4.43. The molecule has 1 N–H and O–H groups in total. The quantitative estimate of drug-likeness (QED) is 0.823. The summed E-state index contributed by atoms with van der Waals surface area (Å²) in [5.74, 6) is -0.884. The van der Waals surface area contributed by atoms with Crippen molar-refractivity contribution >= 4 is 28.6 Å². The van der Waals surface area contributed by atoms with Crippen LogP contribution in [0.2, 0.25) is 0 Å². The maximum Gasteiger partial charge on any atom is 0.303 e. The van der Waals surface area contributed by atoms with Crippen LogP contribution in [0.4, 0.5) is 5.69 Å². The molecule has 0 amide bonds. The molecule has 1 aromatic carbocycles. The molecule has 0 radical (unpaired) electrons. The van der Waals surface area contributed by atoms with E-state index in [0.717, 1.165) is 11.1 Å². The van der Waals surface area contributed by atoms with E-state index in [4.69, 9.17) is 5.11 Å². The number of thiol groups is 1. The lowest BCUT2D eigenvalue weighted by atomic mass is 9.95. The van der Waals surface area contributed by atoms with Gasteiger partial charge in [0.15, 0.2) is 0 Å². The average Bonchev–Trinajstić information content (AvgIpc) is 2.35. The number of anilines is 1. The van der Waals surface area contributed by atoms with Crippen LogP contribution in [0.3, 0.4) is 0 Å². The van der Waals surface area contributed by atoms with Gasteiger partial charge < -0.3 is 5.11 Å². The SMILES string of the molecule is C[C@@H]1C(CCC(=O)O)=Cc2ccccc2N1[SH](=O)=O. The van der Waals surface area contributed by atoms with Gasteiger partial charge in [-0.1, -0.05) is 24.3 Å². The molecule has 0 unspecified atom stereocenters. The van der Waals surface area contributed by atoms with Gasteiger partial charge in [0, 0.05) is 6.42 Å². The minimum absolute atomic E-state index is 0.00181. The third-order valence-corrected chi connectivity index (χ3v) is 4.15. The number of hydrogen-bond donors (Lipinski definition) is 2. The third kappa shape index (κ3) is 2.78. The summed E-state index contributed by atoms with van der Waals surface area (Å²) in [4.78, 5) is 10.6. The van der Waals surface area contributed by atoms with Crippen molar-refractivity contribution in [1.29, 1.82) is 0 Å². The summed E-state index contributed by atoms with van der Waals surface area (Å²) < 4.78 is 24.2. The Morgan fingerprint density at radius 2 is 2.05 bits per heavy atom. The summed E-state index contributed by atoms with van der Waals surface area (Å²) in [5.41, 5.74) is 2.27. The molecule has 1 aliphatic rings. The molecule has 1 aromatic rings. The summed E-state index contributed by atoms with van der Waals surface area (Å²) in [6.07, 6.45) is 2.24. The Bertz CT molecular complexity index is 598. The van der Waals surface area contributed by atoms with Gasteiger partial charge in [-0.15, -0.1) is 0 Å². The zero-order valence-electron chi connectivity index (χ0n) is 10.4. The zero-order chi connectivity index (χ0) is 14.0. The van der Waals surface area contributed by atoms with Crippen LogP contribution in [0.1, 0.15) is 25.3 Å². The maximum atomic E-state index is 11.4. The molecule has 1 atom stereocenters. The molecule has 1 heterocycles. The Kier molecular flexibility index (Phi) is 3.90. The van der Waals surface area contributed by atoms with E-state index in [-0.39, 0.29) is 12.5 Å². The van der Waals surface area contributed by atoms with Gasteiger partial charge in [0.1, 0.15) is 0 Å². The van der Waals surface area contributed by atoms with E-state index >= 15 is 0 Å². The first-order valence-corrected chi connectivity index (χ1v) is 7.08. The number of aliphatic carboxylic acids is 1. The van der Waals surface area contributed by atoms with Gasteiger partial charge in [-0.25, -0.2) is 8.42 Å². The Hall–Kier alpha value is -1.82. The molecule has 0 saturated heterocycles. The van der Waals surface area contributed by atoms with Crippen molar-refractivity contribution in [2.75, 3.05) is 4.31 Å². The van der Waals surface area contributed by atoms with Crippen LogP contribution in [0.25, 0.3) is 6.08 Å². The van der Waals surface area contributed by atoms with Gasteiger partial charge >= 0.3 is 5.97 Å². The summed E-state index contributed by atoms with van der Waals surface area (Å²) in [7, 11) is -2.75. The Morgan fingerprint density at radius 1 is 1.37 bits per heavy atom. The molecular formula is C13H15NO4S. The van der Waals surface area contributed by atoms with E-state index in [1.807, 2.05) is 18.2 Å². The van der Waals surface area contributed by atoms with Gasteiger partial charge in [-0.3, -0.25) is 9.10 Å². The highest BCUT2D eigenvalue weighted by Gasteiger charge is 2.26. The highest BCUT2D eigenvalue weighted by Crippen LogP contribution is 2.34. The second kappa shape index (κ2) is 5.44. The number of fused-ring (bicyclic) bond motifs is 1. The first-order valence-electron chi connectivity index (χ1n) is 5.95. The van der Waals surface area contributed by atoms with Crippen LogP contribution < -0.4 is 4.31 Å². The predicted octanol–water partition coefficient (Wildman–Crippen LogP) is 1.67. The van der Waals surface area contributed by atoms with Crippen LogP contribution in [-0.4, -0.2) is 25.5 Å². The fourth-order valence-corrected chi connectivity index (χ4v) is 3.06. The Labute approximate surface area is 113 Å². The molecule has 0 fully saturated rings. The van der Waals surface area contributed by atoms with Crippen molar-refractivity contribution in [2.24, 2.45) is 0 Å². The molecule has 0 spiro atoms. The highest BCUT2D eigenvalue weighted by molar-refractivity contribution is 7.74. The summed E-state index contributed by atoms with van der Waals surface area (Å²) >= 11 is 0. The summed E-state index contributed by atoms with van der Waals surface area (Å²) in [6.45, 7) is 1.77. The topological polar surface area (TPSA) is 74.7 Å². The molecule has 0 aromatic heterocycles. The molecule has 0 aliphatic carbocycles. The lowest BCUT2D eigenvalue weighted by molar-refractivity contribution is -0.136. The number of carboxylic acid groups (broad SMARTS) is 1. The number of para-hydroxylation sites is 1. The van der Waals surface area contributed by atoms with Crippen LogP contribution in [-0.2, 0) is 15.7 Å². The van der Waals surface area contributed by atoms with E-state index in [9.17, 15) is 13.2 Å². The minimum Gasteiger partial charge on any atom is -0.481 e. The predicted molar refractivity (Wildman–Crippen MR) is 73.5 cm³/mol. The van der Waals surface area contributed by atoms with Crippen molar-refractivity contribution in [3.8, 4) is 0 Å². The van der Waals surface area contributed by atoms with Crippen LogP contribution in [0, 0.1) is 0 Å². The Balaban J connectivity index is 2.42. The van der Waals surface area contributed by atoms with Crippen LogP contribution >= 0.6 is 0 Å². The van der Waals surface area contributed by atoms with E-state index < -0.39 is 16.9 Å². The van der Waals surface area contributed by atoms with Gasteiger partial charge in [0.05, 0.1) is 11.7 Å². The smallest absolute Gasteiger partial charge is 0.303 e. The number of rotatable bonds is 4. The molecule has 19 heavy (non-hydrogen) atoms. The fourth-order valence-electron chi connectivity index (χ4n) is 2.27. The van der Waals surface area contributed by atoms with Crippen LogP contribution in [0.15, 0.2) is 29.8 Å². The van der Waals surface area contributed by atoms with Gasteiger partial charge in [0.25, 0.3) is 0 Å². The van der Waals surface area contributed by atoms with Crippen molar-refractivity contribution in [1.82, 2.24) is 0 Å². The molecule has 102 valence electrons. The number of carboxylic acids is 1. The first kappa shape index (κ1) is 13.6. The summed E-state index contributed by atoms with van der Waals surface area (Å²) in [5, 5.41) is 8.74. The fraction of sp³-hybridized carbons (Fsp3) is 0.308. The monoisotopic (exact) mass is 281 g/mol.